The Kier molecular flexibility index (Phi) is 7.19. The lowest BCUT2D eigenvalue weighted by molar-refractivity contribution is 0.335. The largest absolute Gasteiger partial charge is 0.399 e. The van der Waals surface area contributed by atoms with Crippen LogP contribution in [0.4, 0.5) is 11.4 Å². The van der Waals surface area contributed by atoms with Gasteiger partial charge in [0.05, 0.1) is 11.8 Å². The van der Waals surface area contributed by atoms with E-state index in [0.29, 0.717) is 35.4 Å². The number of hydrogen-bond donors (Lipinski definition) is 1. The maximum Gasteiger partial charge on any atom is 0.218 e. The molecule has 8 heteroatoms. The van der Waals surface area contributed by atoms with E-state index < -0.39 is 10.0 Å². The van der Waals surface area contributed by atoms with Crippen molar-refractivity contribution in [1.82, 2.24) is 4.31 Å². The van der Waals surface area contributed by atoms with E-state index in [1.807, 2.05) is 42.5 Å². The molecule has 1 heterocycles. The summed E-state index contributed by atoms with van der Waals surface area (Å²) in [6.45, 7) is 3.43. The number of piperazine rings is 1. The topological polar surface area (TPSA) is 66.6 Å². The summed E-state index contributed by atoms with van der Waals surface area (Å²) in [6.07, 6.45) is 0.833. The number of aryl methyl sites for hydroxylation is 1. The molecule has 1 atom stereocenters. The van der Waals surface area contributed by atoms with Gasteiger partial charge in [0.15, 0.2) is 0 Å². The van der Waals surface area contributed by atoms with Gasteiger partial charge in [-0.25, -0.2) is 8.42 Å². The van der Waals surface area contributed by atoms with Gasteiger partial charge in [0.1, 0.15) is 0 Å². The molecule has 0 spiro atoms. The van der Waals surface area contributed by atoms with E-state index >= 15 is 0 Å². The first-order valence-corrected chi connectivity index (χ1v) is 13.3. The smallest absolute Gasteiger partial charge is 0.218 e. The standard InChI is InChI=1S/C25H27Cl2N3O2S/c1-2-19-15-22(27)9-12-24(19)30-14-13-29(16-25(30)20-5-10-23(28)11-6-20)33(31,32)17-18-3-7-21(26)8-4-18/h3-12,15,25H,2,13-14,16-17,28H2,1H3. The number of anilines is 2. The fraction of sp³-hybridized carbons (Fsp3) is 0.280. The second-order valence-electron chi connectivity index (χ2n) is 8.24. The molecule has 3 aromatic rings. The van der Waals surface area contributed by atoms with Crippen LogP contribution in [0.25, 0.3) is 0 Å². The Balaban J connectivity index is 1.66. The molecule has 1 aliphatic heterocycles. The van der Waals surface area contributed by atoms with E-state index in [1.54, 1.807) is 28.6 Å². The molecule has 0 bridgehead atoms. The lowest BCUT2D eigenvalue weighted by atomic mass is 10.00. The molecule has 2 N–H and O–H groups in total. The van der Waals surface area contributed by atoms with Gasteiger partial charge in [0, 0.05) is 41.1 Å². The molecule has 174 valence electrons. The maximum atomic E-state index is 13.3. The van der Waals surface area contributed by atoms with Gasteiger partial charge in [0.25, 0.3) is 0 Å². The summed E-state index contributed by atoms with van der Waals surface area (Å²) < 4.78 is 28.2. The SMILES string of the molecule is CCc1cc(Cl)ccc1N1CCN(S(=O)(=O)Cc2ccc(Cl)cc2)CC1c1ccc(N)cc1. The molecule has 4 rings (SSSR count). The highest BCUT2D eigenvalue weighted by Crippen LogP contribution is 2.35. The Morgan fingerprint density at radius 2 is 1.61 bits per heavy atom. The average Bonchev–Trinajstić information content (AvgIpc) is 2.80. The van der Waals surface area contributed by atoms with Crippen LogP contribution in [0.1, 0.15) is 29.7 Å². The molecule has 1 aliphatic rings. The lowest BCUT2D eigenvalue weighted by Crippen LogP contribution is -2.51. The van der Waals surface area contributed by atoms with E-state index in [4.69, 9.17) is 28.9 Å². The summed E-state index contributed by atoms with van der Waals surface area (Å²) in [5.41, 5.74) is 10.5. The van der Waals surface area contributed by atoms with Crippen molar-refractivity contribution in [3.63, 3.8) is 0 Å². The van der Waals surface area contributed by atoms with E-state index in [2.05, 4.69) is 11.8 Å². The van der Waals surface area contributed by atoms with Crippen molar-refractivity contribution in [2.75, 3.05) is 30.3 Å². The monoisotopic (exact) mass is 503 g/mol. The van der Waals surface area contributed by atoms with Crippen molar-refractivity contribution in [3.8, 4) is 0 Å². The molecule has 0 saturated carbocycles. The predicted molar refractivity (Wildman–Crippen MR) is 137 cm³/mol. The molecule has 0 amide bonds. The van der Waals surface area contributed by atoms with Crippen LogP contribution in [-0.4, -0.2) is 32.4 Å². The van der Waals surface area contributed by atoms with Crippen LogP contribution in [0.3, 0.4) is 0 Å². The first-order chi connectivity index (χ1) is 15.8. The van der Waals surface area contributed by atoms with E-state index in [-0.39, 0.29) is 11.8 Å². The fourth-order valence-corrected chi connectivity index (χ4v) is 6.15. The number of sulfonamides is 1. The number of nitrogens with two attached hydrogens (primary N) is 1. The number of halogens is 2. The van der Waals surface area contributed by atoms with Crippen molar-refractivity contribution >= 4 is 44.6 Å². The van der Waals surface area contributed by atoms with Gasteiger partial charge in [0.2, 0.25) is 10.0 Å². The van der Waals surface area contributed by atoms with Gasteiger partial charge in [-0.2, -0.15) is 4.31 Å². The van der Waals surface area contributed by atoms with E-state index in [0.717, 1.165) is 28.8 Å². The van der Waals surface area contributed by atoms with Crippen LogP contribution in [0.2, 0.25) is 10.0 Å². The summed E-state index contributed by atoms with van der Waals surface area (Å²) in [6, 6.07) is 20.4. The quantitative estimate of drug-likeness (QED) is 0.449. The van der Waals surface area contributed by atoms with Crippen molar-refractivity contribution < 1.29 is 8.42 Å². The second-order valence-corrected chi connectivity index (χ2v) is 11.1. The Bertz CT molecular complexity index is 1220. The molecule has 0 aliphatic carbocycles. The first kappa shape index (κ1) is 23.9. The highest BCUT2D eigenvalue weighted by atomic mass is 35.5. The van der Waals surface area contributed by atoms with Gasteiger partial charge in [-0.1, -0.05) is 54.4 Å². The lowest BCUT2D eigenvalue weighted by Gasteiger charge is -2.43. The third-order valence-electron chi connectivity index (χ3n) is 6.05. The van der Waals surface area contributed by atoms with Crippen LogP contribution < -0.4 is 10.6 Å². The number of nitrogens with zero attached hydrogens (tertiary/aromatic N) is 2. The fourth-order valence-electron chi connectivity index (χ4n) is 4.30. The van der Waals surface area contributed by atoms with Crippen molar-refractivity contribution in [2.24, 2.45) is 0 Å². The Labute approximate surface area is 205 Å². The summed E-state index contributed by atoms with van der Waals surface area (Å²) in [7, 11) is -3.51. The number of rotatable bonds is 6. The normalized spacial score (nSPS) is 17.3. The Hall–Kier alpha value is -2.25. The van der Waals surface area contributed by atoms with Crippen LogP contribution in [0, 0.1) is 0 Å². The molecular weight excluding hydrogens is 477 g/mol. The van der Waals surface area contributed by atoms with Crippen LogP contribution in [0.15, 0.2) is 66.7 Å². The zero-order chi connectivity index (χ0) is 23.6. The van der Waals surface area contributed by atoms with E-state index in [9.17, 15) is 8.42 Å². The summed E-state index contributed by atoms with van der Waals surface area (Å²) in [5, 5.41) is 1.28. The van der Waals surface area contributed by atoms with E-state index in [1.165, 1.54) is 0 Å². The summed E-state index contributed by atoms with van der Waals surface area (Å²) >= 11 is 12.2. The molecule has 5 nitrogen and oxygen atoms in total. The molecule has 1 fully saturated rings. The molecular formula is C25H27Cl2N3O2S. The molecule has 0 radical (unpaired) electrons. The summed E-state index contributed by atoms with van der Waals surface area (Å²) in [5.74, 6) is -0.0558. The third-order valence-corrected chi connectivity index (χ3v) is 8.36. The Morgan fingerprint density at radius 1 is 0.939 bits per heavy atom. The second kappa shape index (κ2) is 9.94. The highest BCUT2D eigenvalue weighted by molar-refractivity contribution is 7.88. The molecule has 1 saturated heterocycles. The molecule has 3 aromatic carbocycles. The van der Waals surface area contributed by atoms with Crippen LogP contribution in [-0.2, 0) is 22.2 Å². The minimum absolute atomic E-state index is 0.0558. The minimum atomic E-state index is -3.51. The van der Waals surface area contributed by atoms with Crippen molar-refractivity contribution in [1.29, 1.82) is 0 Å². The van der Waals surface area contributed by atoms with Gasteiger partial charge < -0.3 is 10.6 Å². The third kappa shape index (κ3) is 5.46. The molecule has 1 unspecified atom stereocenters. The average molecular weight is 504 g/mol. The van der Waals surface area contributed by atoms with Crippen LogP contribution >= 0.6 is 23.2 Å². The highest BCUT2D eigenvalue weighted by Gasteiger charge is 2.35. The maximum absolute atomic E-state index is 13.3. The van der Waals surface area contributed by atoms with Gasteiger partial charge in [-0.15, -0.1) is 0 Å². The molecule has 33 heavy (non-hydrogen) atoms. The van der Waals surface area contributed by atoms with Crippen LogP contribution in [0.5, 0.6) is 0 Å². The van der Waals surface area contributed by atoms with Gasteiger partial charge in [-0.05, 0) is 65.6 Å². The number of benzene rings is 3. The zero-order valence-electron chi connectivity index (χ0n) is 18.4. The Morgan fingerprint density at radius 3 is 2.27 bits per heavy atom. The van der Waals surface area contributed by atoms with Gasteiger partial charge >= 0.3 is 0 Å². The molecule has 0 aromatic heterocycles. The minimum Gasteiger partial charge on any atom is -0.399 e. The zero-order valence-corrected chi connectivity index (χ0v) is 20.7. The predicted octanol–water partition coefficient (Wildman–Crippen LogP) is 5.53. The summed E-state index contributed by atoms with van der Waals surface area (Å²) in [4.78, 5) is 2.29. The number of nitrogen functional groups attached to an aromatic ring is 1. The number of hydrogen-bond acceptors (Lipinski definition) is 4. The first-order valence-electron chi connectivity index (χ1n) is 10.9. The van der Waals surface area contributed by atoms with Crippen molar-refractivity contribution in [2.45, 2.75) is 25.1 Å². The van der Waals surface area contributed by atoms with Gasteiger partial charge in [-0.3, -0.25) is 0 Å². The van der Waals surface area contributed by atoms with Crippen molar-refractivity contribution in [3.05, 3.63) is 93.5 Å².